The zero-order chi connectivity index (χ0) is 24.7. The van der Waals surface area contributed by atoms with Crippen molar-refractivity contribution in [3.05, 3.63) is 60.2 Å². The summed E-state index contributed by atoms with van der Waals surface area (Å²) in [5.41, 5.74) is 1.52. The summed E-state index contributed by atoms with van der Waals surface area (Å²) < 4.78 is 5.55. The summed E-state index contributed by atoms with van der Waals surface area (Å²) in [6, 6.07) is 16.1. The molecule has 1 aliphatic carbocycles. The normalized spacial score (nSPS) is 27.2. The number of hydrogen-bond acceptors (Lipinski definition) is 5. The van der Waals surface area contributed by atoms with Gasteiger partial charge in [0.2, 0.25) is 17.7 Å². The largest absolute Gasteiger partial charge is 0.426 e. The SMILES string of the molecule is C[C@@H]1CC[C@@H]2C(=O)N(c3ccc(OC(=O)[C@@H]4CC(=O)N([C@H](C)c5ccccc5)C4)cc3)C(=O)[C@H]2C1. The lowest BCUT2D eigenvalue weighted by molar-refractivity contribution is -0.139. The molecule has 35 heavy (non-hydrogen) atoms. The zero-order valence-electron chi connectivity index (χ0n) is 20.1. The van der Waals surface area contributed by atoms with Crippen LogP contribution in [0.4, 0.5) is 5.69 Å². The van der Waals surface area contributed by atoms with Gasteiger partial charge in [-0.1, -0.05) is 37.3 Å². The van der Waals surface area contributed by atoms with Crippen molar-refractivity contribution < 1.29 is 23.9 Å². The third-order valence-corrected chi connectivity index (χ3v) is 7.74. The molecule has 2 saturated heterocycles. The summed E-state index contributed by atoms with van der Waals surface area (Å²) in [6.07, 6.45) is 2.59. The van der Waals surface area contributed by atoms with Crippen LogP contribution in [0.25, 0.3) is 0 Å². The van der Waals surface area contributed by atoms with Crippen molar-refractivity contribution in [2.24, 2.45) is 23.7 Å². The van der Waals surface area contributed by atoms with Gasteiger partial charge in [-0.2, -0.15) is 0 Å². The third-order valence-electron chi connectivity index (χ3n) is 7.74. The molecule has 7 heteroatoms. The van der Waals surface area contributed by atoms with Crippen molar-refractivity contribution >= 4 is 29.4 Å². The molecule has 3 aliphatic rings. The van der Waals surface area contributed by atoms with Crippen LogP contribution in [0.15, 0.2) is 54.6 Å². The van der Waals surface area contributed by atoms with Crippen molar-refractivity contribution in [1.82, 2.24) is 4.90 Å². The number of esters is 1. The van der Waals surface area contributed by atoms with Gasteiger partial charge in [0.1, 0.15) is 5.75 Å². The van der Waals surface area contributed by atoms with E-state index in [4.69, 9.17) is 4.74 Å². The van der Waals surface area contributed by atoms with Crippen LogP contribution >= 0.6 is 0 Å². The Hall–Kier alpha value is -3.48. The van der Waals surface area contributed by atoms with E-state index in [1.54, 1.807) is 29.2 Å². The minimum Gasteiger partial charge on any atom is -0.426 e. The number of carbonyl (C=O) groups excluding carboxylic acids is 4. The van der Waals surface area contributed by atoms with Gasteiger partial charge >= 0.3 is 5.97 Å². The van der Waals surface area contributed by atoms with Gasteiger partial charge in [-0.05, 0) is 61.9 Å². The number of anilines is 1. The molecule has 2 aromatic carbocycles. The smallest absolute Gasteiger partial charge is 0.316 e. The van der Waals surface area contributed by atoms with E-state index in [1.807, 2.05) is 37.3 Å². The molecule has 0 radical (unpaired) electrons. The zero-order valence-corrected chi connectivity index (χ0v) is 20.1. The van der Waals surface area contributed by atoms with Crippen molar-refractivity contribution in [2.75, 3.05) is 11.4 Å². The molecule has 0 spiro atoms. The minimum absolute atomic E-state index is 0.0690. The molecule has 5 rings (SSSR count). The van der Waals surface area contributed by atoms with E-state index in [-0.39, 0.29) is 42.0 Å². The number of likely N-dealkylation sites (tertiary alicyclic amines) is 1. The number of hydrogen-bond donors (Lipinski definition) is 0. The van der Waals surface area contributed by atoms with E-state index in [1.165, 1.54) is 4.90 Å². The van der Waals surface area contributed by atoms with Gasteiger partial charge in [0.15, 0.2) is 0 Å². The third kappa shape index (κ3) is 4.35. The predicted molar refractivity (Wildman–Crippen MR) is 129 cm³/mol. The number of imide groups is 1. The molecule has 3 fully saturated rings. The first-order valence-electron chi connectivity index (χ1n) is 12.4. The molecule has 0 bridgehead atoms. The van der Waals surface area contributed by atoms with E-state index in [0.717, 1.165) is 24.8 Å². The van der Waals surface area contributed by atoms with E-state index in [9.17, 15) is 19.2 Å². The molecular formula is C28H30N2O5. The Kier molecular flexibility index (Phi) is 6.17. The van der Waals surface area contributed by atoms with E-state index in [0.29, 0.717) is 23.9 Å². The maximum absolute atomic E-state index is 12.9. The first-order chi connectivity index (χ1) is 16.8. The number of nitrogens with zero attached hydrogens (tertiary/aromatic N) is 2. The number of rotatable bonds is 5. The van der Waals surface area contributed by atoms with Gasteiger partial charge in [-0.15, -0.1) is 0 Å². The second kappa shape index (κ2) is 9.29. The maximum Gasteiger partial charge on any atom is 0.316 e. The second-order valence-electron chi connectivity index (χ2n) is 10.1. The minimum atomic E-state index is -0.541. The van der Waals surface area contributed by atoms with Crippen LogP contribution in [0.1, 0.15) is 51.1 Å². The fourth-order valence-electron chi connectivity index (χ4n) is 5.68. The lowest BCUT2D eigenvalue weighted by Crippen LogP contribution is -2.31. The second-order valence-corrected chi connectivity index (χ2v) is 10.1. The Morgan fingerprint density at radius 3 is 2.34 bits per heavy atom. The molecule has 0 unspecified atom stereocenters. The fraction of sp³-hybridized carbons (Fsp3) is 0.429. The van der Waals surface area contributed by atoms with Crippen molar-refractivity contribution in [1.29, 1.82) is 0 Å². The molecule has 2 aromatic rings. The van der Waals surface area contributed by atoms with E-state index < -0.39 is 11.9 Å². The van der Waals surface area contributed by atoms with Crippen LogP contribution < -0.4 is 9.64 Å². The van der Waals surface area contributed by atoms with Crippen molar-refractivity contribution in [2.45, 2.75) is 45.6 Å². The molecule has 182 valence electrons. The van der Waals surface area contributed by atoms with Crippen LogP contribution in [0.3, 0.4) is 0 Å². The Labute approximate surface area is 205 Å². The van der Waals surface area contributed by atoms with Gasteiger partial charge in [-0.25, -0.2) is 0 Å². The molecule has 0 aromatic heterocycles. The van der Waals surface area contributed by atoms with Crippen molar-refractivity contribution in [3.8, 4) is 5.75 Å². The lowest BCUT2D eigenvalue weighted by atomic mass is 9.76. The van der Waals surface area contributed by atoms with Gasteiger partial charge in [0.25, 0.3) is 0 Å². The average molecular weight is 475 g/mol. The van der Waals surface area contributed by atoms with Crippen LogP contribution in [-0.2, 0) is 19.2 Å². The first kappa shape index (κ1) is 23.3. The van der Waals surface area contributed by atoms with Gasteiger partial charge in [0.05, 0.1) is 29.5 Å². The highest BCUT2D eigenvalue weighted by Crippen LogP contribution is 2.42. The number of ether oxygens (including phenoxy) is 1. The maximum atomic E-state index is 12.9. The predicted octanol–water partition coefficient (Wildman–Crippen LogP) is 4.13. The average Bonchev–Trinajstić information content (AvgIpc) is 3.37. The number of benzene rings is 2. The molecule has 2 heterocycles. The topological polar surface area (TPSA) is 84.0 Å². The molecular weight excluding hydrogens is 444 g/mol. The first-order valence-corrected chi connectivity index (χ1v) is 12.4. The molecule has 3 amide bonds. The summed E-state index contributed by atoms with van der Waals surface area (Å²) in [7, 11) is 0. The number of amides is 3. The van der Waals surface area contributed by atoms with Crippen LogP contribution in [0, 0.1) is 23.7 Å². The Bertz CT molecular complexity index is 1150. The Morgan fingerprint density at radius 2 is 1.63 bits per heavy atom. The standard InChI is InChI=1S/C28H30N2O5/c1-17-8-13-23-24(14-17)27(33)30(26(23)32)21-9-11-22(12-10-21)35-28(34)20-15-25(31)29(16-20)18(2)19-6-4-3-5-7-19/h3-7,9-12,17-18,20,23-24H,8,13-16H2,1-2H3/t17-,18-,20-,23+,24+/m1/s1. The molecule has 0 N–H and O–H groups in total. The Balaban J connectivity index is 1.22. The summed E-state index contributed by atoms with van der Waals surface area (Å²) >= 11 is 0. The highest BCUT2D eigenvalue weighted by atomic mass is 16.5. The molecule has 2 aliphatic heterocycles. The van der Waals surface area contributed by atoms with E-state index >= 15 is 0 Å². The van der Waals surface area contributed by atoms with Gasteiger partial charge in [0, 0.05) is 13.0 Å². The molecule has 7 nitrogen and oxygen atoms in total. The van der Waals surface area contributed by atoms with Crippen LogP contribution in [0.5, 0.6) is 5.75 Å². The number of carbonyl (C=O) groups is 4. The van der Waals surface area contributed by atoms with Gasteiger partial charge in [-0.3, -0.25) is 24.1 Å². The van der Waals surface area contributed by atoms with E-state index in [2.05, 4.69) is 6.92 Å². The van der Waals surface area contributed by atoms with Crippen LogP contribution in [0.2, 0.25) is 0 Å². The summed E-state index contributed by atoms with van der Waals surface area (Å²) in [6.45, 7) is 4.39. The summed E-state index contributed by atoms with van der Waals surface area (Å²) in [4.78, 5) is 54.2. The quantitative estimate of drug-likeness (QED) is 0.370. The summed E-state index contributed by atoms with van der Waals surface area (Å²) in [5, 5.41) is 0. The fourth-order valence-corrected chi connectivity index (χ4v) is 5.68. The summed E-state index contributed by atoms with van der Waals surface area (Å²) in [5.74, 6) is -1.01. The molecule has 5 atom stereocenters. The highest BCUT2D eigenvalue weighted by Gasteiger charge is 2.50. The molecule has 1 saturated carbocycles. The highest BCUT2D eigenvalue weighted by molar-refractivity contribution is 6.22. The van der Waals surface area contributed by atoms with Crippen LogP contribution in [-0.4, -0.2) is 35.1 Å². The monoisotopic (exact) mass is 474 g/mol. The lowest BCUT2D eigenvalue weighted by Gasteiger charge is -2.25. The van der Waals surface area contributed by atoms with Crippen molar-refractivity contribution in [3.63, 3.8) is 0 Å². The van der Waals surface area contributed by atoms with Gasteiger partial charge < -0.3 is 9.64 Å². The Morgan fingerprint density at radius 1 is 0.943 bits per heavy atom. The number of fused-ring (bicyclic) bond motifs is 1.